The number of hydrogen-bond donors (Lipinski definition) is 1. The minimum absolute atomic E-state index is 0.514. The van der Waals surface area contributed by atoms with Crippen LogP contribution in [0.1, 0.15) is 27.8 Å². The summed E-state index contributed by atoms with van der Waals surface area (Å²) in [6.07, 6.45) is 3.23. The number of nitrogens with one attached hydrogen (secondary N) is 1. The molecule has 4 rings (SSSR count). The highest BCUT2D eigenvalue weighted by atomic mass is 32.2. The summed E-state index contributed by atoms with van der Waals surface area (Å²) >= 11 is 0. The quantitative estimate of drug-likeness (QED) is 0.694. The van der Waals surface area contributed by atoms with E-state index in [2.05, 4.69) is 41.1 Å². The average Bonchev–Trinajstić information content (AvgIpc) is 2.78. The van der Waals surface area contributed by atoms with E-state index in [1.54, 1.807) is 6.07 Å². The molecule has 0 amide bonds. The molecule has 4 nitrogen and oxygen atoms in total. The highest BCUT2D eigenvalue weighted by molar-refractivity contribution is 7.92. The van der Waals surface area contributed by atoms with E-state index in [1.807, 2.05) is 37.3 Å². The van der Waals surface area contributed by atoms with Gasteiger partial charge in [0.2, 0.25) is 10.0 Å². The molecule has 3 aromatic carbocycles. The van der Waals surface area contributed by atoms with Crippen molar-refractivity contribution in [3.63, 3.8) is 0 Å². The van der Waals surface area contributed by atoms with Crippen molar-refractivity contribution in [2.45, 2.75) is 13.5 Å². The fourth-order valence-electron chi connectivity index (χ4n) is 3.41. The largest absolute Gasteiger partial charge is 0.488 e. The summed E-state index contributed by atoms with van der Waals surface area (Å²) in [6.45, 7) is 2.56. The van der Waals surface area contributed by atoms with Gasteiger partial charge in [0.05, 0.1) is 6.26 Å². The van der Waals surface area contributed by atoms with Crippen molar-refractivity contribution in [3.8, 4) is 5.75 Å². The summed E-state index contributed by atoms with van der Waals surface area (Å²) in [4.78, 5) is 0. The number of rotatable bonds is 3. The van der Waals surface area contributed by atoms with Gasteiger partial charge in [-0.05, 0) is 59.0 Å². The SMILES string of the molecule is Cc1ccc2c(c1)OCc1ccccc1C2=Cc1cccc(NS(C)(=O)=O)c1. The third kappa shape index (κ3) is 3.94. The summed E-state index contributed by atoms with van der Waals surface area (Å²) in [6, 6.07) is 21.8. The molecule has 0 saturated carbocycles. The van der Waals surface area contributed by atoms with E-state index < -0.39 is 10.0 Å². The molecular formula is C23H21NO3S. The van der Waals surface area contributed by atoms with Gasteiger partial charge in [-0.2, -0.15) is 0 Å². The molecule has 0 unspecified atom stereocenters. The number of ether oxygens (including phenoxy) is 1. The molecule has 0 radical (unpaired) electrons. The Morgan fingerprint density at radius 3 is 2.61 bits per heavy atom. The molecule has 0 spiro atoms. The number of hydrogen-bond acceptors (Lipinski definition) is 3. The normalized spacial score (nSPS) is 14.6. The molecule has 0 saturated heterocycles. The minimum atomic E-state index is -3.33. The Kier molecular flexibility index (Phi) is 4.69. The number of fused-ring (bicyclic) bond motifs is 2. The van der Waals surface area contributed by atoms with E-state index in [9.17, 15) is 8.42 Å². The summed E-state index contributed by atoms with van der Waals surface area (Å²) in [5.74, 6) is 0.855. The van der Waals surface area contributed by atoms with Crippen molar-refractivity contribution in [1.29, 1.82) is 0 Å². The van der Waals surface area contributed by atoms with Crippen molar-refractivity contribution in [3.05, 3.63) is 94.5 Å². The second kappa shape index (κ2) is 7.17. The molecule has 142 valence electrons. The Morgan fingerprint density at radius 2 is 1.79 bits per heavy atom. The number of sulfonamides is 1. The van der Waals surface area contributed by atoms with Crippen LogP contribution in [0, 0.1) is 6.92 Å². The first kappa shape index (κ1) is 18.3. The van der Waals surface area contributed by atoms with Gasteiger partial charge in [0, 0.05) is 11.3 Å². The van der Waals surface area contributed by atoms with Crippen LogP contribution in [0.25, 0.3) is 11.6 Å². The smallest absolute Gasteiger partial charge is 0.229 e. The zero-order valence-corrected chi connectivity index (χ0v) is 16.6. The fraction of sp³-hybridized carbons (Fsp3) is 0.130. The van der Waals surface area contributed by atoms with E-state index in [0.717, 1.165) is 45.4 Å². The summed E-state index contributed by atoms with van der Waals surface area (Å²) in [5, 5.41) is 0. The zero-order chi connectivity index (χ0) is 19.7. The highest BCUT2D eigenvalue weighted by Crippen LogP contribution is 2.38. The Morgan fingerprint density at radius 1 is 0.964 bits per heavy atom. The first-order valence-corrected chi connectivity index (χ1v) is 10.9. The van der Waals surface area contributed by atoms with E-state index in [-0.39, 0.29) is 0 Å². The van der Waals surface area contributed by atoms with Crippen molar-refractivity contribution < 1.29 is 13.2 Å². The van der Waals surface area contributed by atoms with Gasteiger partial charge in [-0.15, -0.1) is 0 Å². The van der Waals surface area contributed by atoms with Crippen molar-refractivity contribution in [1.82, 2.24) is 0 Å². The lowest BCUT2D eigenvalue weighted by Crippen LogP contribution is -2.09. The molecule has 1 aliphatic rings. The molecule has 5 heteroatoms. The molecular weight excluding hydrogens is 370 g/mol. The minimum Gasteiger partial charge on any atom is -0.488 e. The lowest BCUT2D eigenvalue weighted by Gasteiger charge is -2.12. The molecule has 1 aliphatic heterocycles. The molecule has 28 heavy (non-hydrogen) atoms. The van der Waals surface area contributed by atoms with Crippen LogP contribution in [-0.2, 0) is 16.6 Å². The zero-order valence-electron chi connectivity index (χ0n) is 15.8. The van der Waals surface area contributed by atoms with Crippen LogP contribution in [0.4, 0.5) is 5.69 Å². The van der Waals surface area contributed by atoms with Crippen LogP contribution in [0.15, 0.2) is 66.7 Å². The van der Waals surface area contributed by atoms with Crippen LogP contribution in [-0.4, -0.2) is 14.7 Å². The first-order valence-electron chi connectivity index (χ1n) is 9.01. The number of benzene rings is 3. The Labute approximate surface area is 165 Å². The molecule has 0 atom stereocenters. The van der Waals surface area contributed by atoms with Crippen molar-refractivity contribution >= 4 is 27.4 Å². The van der Waals surface area contributed by atoms with Crippen LogP contribution in [0.3, 0.4) is 0 Å². The second-order valence-corrected chi connectivity index (χ2v) is 8.75. The van der Waals surface area contributed by atoms with Crippen LogP contribution < -0.4 is 9.46 Å². The Bertz CT molecular complexity index is 1180. The topological polar surface area (TPSA) is 55.4 Å². The maximum absolute atomic E-state index is 11.6. The fourth-order valence-corrected chi connectivity index (χ4v) is 3.96. The van der Waals surface area contributed by atoms with E-state index in [0.29, 0.717) is 12.3 Å². The van der Waals surface area contributed by atoms with Crippen LogP contribution in [0.5, 0.6) is 5.75 Å². The Balaban J connectivity index is 1.88. The molecule has 0 bridgehead atoms. The van der Waals surface area contributed by atoms with Crippen LogP contribution in [0.2, 0.25) is 0 Å². The molecule has 1 N–H and O–H groups in total. The van der Waals surface area contributed by atoms with Gasteiger partial charge in [0.15, 0.2) is 0 Å². The van der Waals surface area contributed by atoms with Gasteiger partial charge in [-0.1, -0.05) is 48.5 Å². The molecule has 0 fully saturated rings. The van der Waals surface area contributed by atoms with Gasteiger partial charge in [-0.25, -0.2) is 8.42 Å². The standard InChI is InChI=1S/C23H21NO3S/c1-16-10-11-21-22(14-17-6-5-8-19(13-17)24-28(2,25)26)20-9-4-3-7-18(20)15-27-23(21)12-16/h3-14,24H,15H2,1-2H3. The van der Waals surface area contributed by atoms with Gasteiger partial charge in [0.25, 0.3) is 0 Å². The molecule has 0 aliphatic carbocycles. The van der Waals surface area contributed by atoms with Gasteiger partial charge in [-0.3, -0.25) is 4.72 Å². The highest BCUT2D eigenvalue weighted by Gasteiger charge is 2.19. The monoisotopic (exact) mass is 391 g/mol. The van der Waals surface area contributed by atoms with Crippen LogP contribution >= 0.6 is 0 Å². The number of aryl methyl sites for hydroxylation is 1. The number of anilines is 1. The Hall–Kier alpha value is -3.05. The lowest BCUT2D eigenvalue weighted by atomic mass is 9.92. The third-order valence-corrected chi connectivity index (χ3v) is 5.23. The van der Waals surface area contributed by atoms with Crippen molar-refractivity contribution in [2.24, 2.45) is 0 Å². The van der Waals surface area contributed by atoms with Crippen molar-refractivity contribution in [2.75, 3.05) is 11.0 Å². The molecule has 3 aromatic rings. The summed E-state index contributed by atoms with van der Waals surface area (Å²) < 4.78 is 31.7. The predicted molar refractivity (Wildman–Crippen MR) is 114 cm³/mol. The van der Waals surface area contributed by atoms with E-state index >= 15 is 0 Å². The molecule has 1 heterocycles. The lowest BCUT2D eigenvalue weighted by molar-refractivity contribution is 0.307. The maximum Gasteiger partial charge on any atom is 0.229 e. The first-order chi connectivity index (χ1) is 13.4. The van der Waals surface area contributed by atoms with E-state index in [4.69, 9.17) is 4.74 Å². The summed E-state index contributed by atoms with van der Waals surface area (Å²) in [7, 11) is -3.33. The maximum atomic E-state index is 11.6. The summed E-state index contributed by atoms with van der Waals surface area (Å²) in [5.41, 5.74) is 6.91. The average molecular weight is 391 g/mol. The second-order valence-electron chi connectivity index (χ2n) is 7.00. The third-order valence-electron chi connectivity index (χ3n) is 4.62. The van der Waals surface area contributed by atoms with E-state index in [1.165, 1.54) is 0 Å². The van der Waals surface area contributed by atoms with Gasteiger partial charge in [0.1, 0.15) is 12.4 Å². The van der Waals surface area contributed by atoms with Gasteiger partial charge >= 0.3 is 0 Å². The predicted octanol–water partition coefficient (Wildman–Crippen LogP) is 4.85. The van der Waals surface area contributed by atoms with Gasteiger partial charge < -0.3 is 4.74 Å². The molecule has 0 aromatic heterocycles.